The summed E-state index contributed by atoms with van der Waals surface area (Å²) in [4.78, 5) is 13.0. The molecular weight excluding hydrogens is 588 g/mol. The molecule has 3 aliphatic heterocycles. The van der Waals surface area contributed by atoms with Gasteiger partial charge in [-0.05, 0) is 24.6 Å². The third-order valence-corrected chi connectivity index (χ3v) is 7.77. The van der Waals surface area contributed by atoms with Crippen molar-refractivity contribution in [2.45, 2.75) is 80.9 Å². The molecule has 0 radical (unpaired) electrons. The number of aromatic hydroxyl groups is 2. The maximum absolute atomic E-state index is 13.0. The van der Waals surface area contributed by atoms with E-state index < -0.39 is 85.7 Å². The Bertz CT molecular complexity index is 1290. The Hall–Kier alpha value is -3.09. The Labute approximate surface area is 251 Å². The first kappa shape index (κ1) is 32.3. The van der Waals surface area contributed by atoms with Crippen LogP contribution in [-0.2, 0) is 23.7 Å². The molecule has 0 saturated carbocycles. The van der Waals surface area contributed by atoms with Gasteiger partial charge in [-0.25, -0.2) is 0 Å². The van der Waals surface area contributed by atoms with Crippen LogP contribution in [0, 0.1) is 0 Å². The lowest BCUT2D eigenvalue weighted by Crippen LogP contribution is -2.65. The van der Waals surface area contributed by atoms with Crippen molar-refractivity contribution in [2.24, 2.45) is 0 Å². The molecule has 2 aromatic carbocycles. The van der Waals surface area contributed by atoms with E-state index in [4.69, 9.17) is 33.2 Å². The van der Waals surface area contributed by atoms with Crippen molar-refractivity contribution in [2.75, 3.05) is 20.5 Å². The normalized spacial score (nSPS) is 35.5. The minimum atomic E-state index is -1.73. The van der Waals surface area contributed by atoms with E-state index in [1.807, 2.05) is 0 Å². The Balaban J connectivity index is 1.43. The number of aliphatic hydroxyl groups excluding tert-OH is 5. The lowest BCUT2D eigenvalue weighted by Gasteiger charge is -2.46. The number of phenolic OH excluding ortho intramolecular Hbond substituents is 2. The fraction of sp³-hybridized carbons (Fsp3) is 0.552. The van der Waals surface area contributed by atoms with Crippen molar-refractivity contribution in [3.05, 3.63) is 47.5 Å². The van der Waals surface area contributed by atoms with Crippen molar-refractivity contribution < 1.29 is 73.7 Å². The first-order valence-corrected chi connectivity index (χ1v) is 13.9. The zero-order chi connectivity index (χ0) is 31.7. The molecule has 0 spiro atoms. The number of benzene rings is 2. The summed E-state index contributed by atoms with van der Waals surface area (Å²) in [5.41, 5.74) is 0.548. The van der Waals surface area contributed by atoms with Crippen molar-refractivity contribution in [1.82, 2.24) is 0 Å². The molecule has 3 aliphatic rings. The number of aliphatic hydroxyl groups is 5. The number of hydrogen-bond acceptors (Lipinski definition) is 15. The number of carbonyl (C=O) groups is 1. The van der Waals surface area contributed by atoms with Gasteiger partial charge in [0, 0.05) is 19.2 Å². The highest BCUT2D eigenvalue weighted by atomic mass is 16.8. The van der Waals surface area contributed by atoms with Crippen molar-refractivity contribution in [3.8, 4) is 23.0 Å². The number of carbonyl (C=O) groups excluding carboxylic acids is 1. The largest absolute Gasteiger partial charge is 0.508 e. The van der Waals surface area contributed by atoms with Gasteiger partial charge in [0.05, 0.1) is 19.1 Å². The van der Waals surface area contributed by atoms with Crippen LogP contribution in [0.15, 0.2) is 36.4 Å². The van der Waals surface area contributed by atoms with Gasteiger partial charge in [-0.15, -0.1) is 0 Å². The Kier molecular flexibility index (Phi) is 9.91. The molecule has 44 heavy (non-hydrogen) atoms. The zero-order valence-electron chi connectivity index (χ0n) is 23.8. The monoisotopic (exact) mass is 624 g/mol. The van der Waals surface area contributed by atoms with Crippen LogP contribution in [-0.4, -0.2) is 123 Å². The fourth-order valence-corrected chi connectivity index (χ4v) is 5.41. The number of hydrogen-bond donors (Lipinski definition) is 7. The Morgan fingerprint density at radius 1 is 0.909 bits per heavy atom. The summed E-state index contributed by atoms with van der Waals surface area (Å²) in [6.07, 6.45) is -15.1. The van der Waals surface area contributed by atoms with Gasteiger partial charge in [-0.3, -0.25) is 4.79 Å². The molecule has 0 amide bonds. The van der Waals surface area contributed by atoms with Crippen LogP contribution in [0.4, 0.5) is 0 Å². The second-order valence-corrected chi connectivity index (χ2v) is 10.8. The highest BCUT2D eigenvalue weighted by molar-refractivity contribution is 6.02. The standard InChI is InChI=1S/C29H36O15/c1-12-22(34)23(35)24(36)28(40-12)44-27-25(37)26(39-11-38-2)20(10-30)43-29(27)41-15-7-16(32)21-17(33)9-18(42-19(21)8-15)13-3-5-14(31)6-4-13/h3-8,12,18,20,22-32,34-37H,9-11H2,1-2H3/t12-,18-,20-,22-,23+,24-,25+,26-,27-,28+,29-/m1/s1. The lowest BCUT2D eigenvalue weighted by molar-refractivity contribution is -0.359. The molecule has 0 bridgehead atoms. The smallest absolute Gasteiger partial charge is 0.229 e. The van der Waals surface area contributed by atoms with Gasteiger partial charge in [0.25, 0.3) is 0 Å². The molecule has 15 nitrogen and oxygen atoms in total. The summed E-state index contributed by atoms with van der Waals surface area (Å²) < 4.78 is 39.7. The fourth-order valence-electron chi connectivity index (χ4n) is 5.41. The van der Waals surface area contributed by atoms with Gasteiger partial charge >= 0.3 is 0 Å². The predicted octanol–water partition coefficient (Wildman–Crippen LogP) is -0.537. The SMILES string of the molecule is COCO[C@H]1[C@H](O)[C@@H](O[C@@H]2O[C@H](C)[C@@H](O)[C@H](O)[C@H]2O)[C@H](Oc2cc(O)c3c(c2)O[C@@H](c2ccc(O)cc2)CC3=O)O[C@@H]1CO. The molecule has 0 aromatic heterocycles. The first-order chi connectivity index (χ1) is 21.0. The summed E-state index contributed by atoms with van der Waals surface area (Å²) in [7, 11) is 1.35. The van der Waals surface area contributed by atoms with Crippen molar-refractivity contribution in [3.63, 3.8) is 0 Å². The number of fused-ring (bicyclic) bond motifs is 1. The molecule has 7 N–H and O–H groups in total. The first-order valence-electron chi connectivity index (χ1n) is 13.9. The van der Waals surface area contributed by atoms with E-state index in [9.17, 15) is 40.5 Å². The second kappa shape index (κ2) is 13.5. The number of rotatable bonds is 9. The molecule has 2 aromatic rings. The minimum absolute atomic E-state index is 0.000125. The molecular formula is C29H36O15. The van der Waals surface area contributed by atoms with Crippen LogP contribution in [0.2, 0.25) is 0 Å². The molecule has 5 rings (SSSR count). The summed E-state index contributed by atoms with van der Waals surface area (Å²) in [5.74, 6) is -0.875. The van der Waals surface area contributed by atoms with E-state index in [1.54, 1.807) is 12.1 Å². The minimum Gasteiger partial charge on any atom is -0.508 e. The van der Waals surface area contributed by atoms with E-state index in [0.29, 0.717) is 5.56 Å². The summed E-state index contributed by atoms with van der Waals surface area (Å²) in [5, 5.41) is 72.6. The third kappa shape index (κ3) is 6.48. The summed E-state index contributed by atoms with van der Waals surface area (Å²) in [6.45, 7) is 0.549. The molecule has 2 fully saturated rings. The van der Waals surface area contributed by atoms with Crippen LogP contribution in [0.3, 0.4) is 0 Å². The Morgan fingerprint density at radius 3 is 2.32 bits per heavy atom. The maximum Gasteiger partial charge on any atom is 0.229 e. The van der Waals surface area contributed by atoms with Gasteiger partial charge in [-0.2, -0.15) is 0 Å². The van der Waals surface area contributed by atoms with Crippen LogP contribution < -0.4 is 9.47 Å². The maximum atomic E-state index is 13.0. The third-order valence-electron chi connectivity index (χ3n) is 7.77. The summed E-state index contributed by atoms with van der Waals surface area (Å²) >= 11 is 0. The summed E-state index contributed by atoms with van der Waals surface area (Å²) in [6, 6.07) is 8.60. The molecule has 242 valence electrons. The molecule has 3 heterocycles. The van der Waals surface area contributed by atoms with Gasteiger partial charge in [0.15, 0.2) is 18.2 Å². The van der Waals surface area contributed by atoms with Gasteiger partial charge in [0.1, 0.15) is 78.1 Å². The van der Waals surface area contributed by atoms with E-state index >= 15 is 0 Å². The van der Waals surface area contributed by atoms with E-state index in [2.05, 4.69) is 0 Å². The molecule has 0 unspecified atom stereocenters. The number of phenols is 2. The van der Waals surface area contributed by atoms with Crippen molar-refractivity contribution in [1.29, 1.82) is 0 Å². The van der Waals surface area contributed by atoms with E-state index in [0.717, 1.165) is 6.07 Å². The lowest BCUT2D eigenvalue weighted by atomic mass is 9.95. The highest BCUT2D eigenvalue weighted by Crippen LogP contribution is 2.43. The van der Waals surface area contributed by atoms with Crippen molar-refractivity contribution >= 4 is 5.78 Å². The average molecular weight is 625 g/mol. The van der Waals surface area contributed by atoms with Gasteiger partial charge < -0.3 is 68.9 Å². The molecule has 0 aliphatic carbocycles. The number of ether oxygens (including phenoxy) is 7. The van der Waals surface area contributed by atoms with E-state index in [1.165, 1.54) is 32.2 Å². The topological polar surface area (TPSA) is 223 Å². The molecule has 2 saturated heterocycles. The molecule has 11 atom stereocenters. The van der Waals surface area contributed by atoms with E-state index in [-0.39, 0.29) is 36.0 Å². The number of ketones is 1. The number of Topliss-reactive ketones (excluding diaryl/α,β-unsaturated/α-hetero) is 1. The number of methoxy groups -OCH3 is 1. The second-order valence-electron chi connectivity index (χ2n) is 10.8. The Morgan fingerprint density at radius 2 is 1.64 bits per heavy atom. The average Bonchev–Trinajstić information content (AvgIpc) is 2.99. The predicted molar refractivity (Wildman–Crippen MR) is 145 cm³/mol. The highest BCUT2D eigenvalue weighted by Gasteiger charge is 2.52. The van der Waals surface area contributed by atoms with Crippen LogP contribution in [0.25, 0.3) is 0 Å². The zero-order valence-corrected chi connectivity index (χ0v) is 23.8. The quantitative estimate of drug-likeness (QED) is 0.174. The molecule has 15 heteroatoms. The van der Waals surface area contributed by atoms with Gasteiger partial charge in [0.2, 0.25) is 6.29 Å². The van der Waals surface area contributed by atoms with Crippen LogP contribution in [0.1, 0.15) is 35.4 Å². The van der Waals surface area contributed by atoms with Crippen LogP contribution >= 0.6 is 0 Å². The van der Waals surface area contributed by atoms with Crippen LogP contribution in [0.5, 0.6) is 23.0 Å². The van der Waals surface area contributed by atoms with Gasteiger partial charge in [-0.1, -0.05) is 12.1 Å².